The number of hydrogen-bond acceptors (Lipinski definition) is 5. The van der Waals surface area contributed by atoms with Crippen LogP contribution >= 0.6 is 0 Å². The number of ether oxygens (including phenoxy) is 1. The van der Waals surface area contributed by atoms with Crippen LogP contribution in [0.25, 0.3) is 0 Å². The number of hydrogen-bond donors (Lipinski definition) is 2. The summed E-state index contributed by atoms with van der Waals surface area (Å²) in [5.41, 5.74) is 0.804. The smallest absolute Gasteiger partial charge is 0.445 e. The molecule has 2 N–H and O–H groups in total. The van der Waals surface area contributed by atoms with Gasteiger partial charge in [-0.05, 0) is 24.3 Å². The first kappa shape index (κ1) is 26.1. The summed E-state index contributed by atoms with van der Waals surface area (Å²) in [4.78, 5) is 49.8. The van der Waals surface area contributed by atoms with Crippen LogP contribution in [0.4, 0.5) is 18.0 Å². The van der Waals surface area contributed by atoms with Gasteiger partial charge in [0, 0.05) is 19.5 Å². The van der Waals surface area contributed by atoms with E-state index in [-0.39, 0.29) is 32.5 Å². The third kappa shape index (κ3) is 7.76. The Hall–Kier alpha value is -3.11. The molecule has 0 aromatic heterocycles. The van der Waals surface area contributed by atoms with E-state index in [1.165, 1.54) is 18.7 Å². The Morgan fingerprint density at radius 2 is 1.82 bits per heavy atom. The number of alkyl halides is 3. The topological polar surface area (TPSA) is 105 Å². The fraction of sp³-hybridized carbons (Fsp3) is 0.545. The summed E-state index contributed by atoms with van der Waals surface area (Å²) in [5, 5.41) is 4.62. The van der Waals surface area contributed by atoms with Crippen molar-refractivity contribution in [1.29, 1.82) is 0 Å². The molecule has 1 saturated heterocycles. The summed E-state index contributed by atoms with van der Waals surface area (Å²) >= 11 is 0. The minimum Gasteiger partial charge on any atom is -0.445 e. The first-order valence-corrected chi connectivity index (χ1v) is 10.7. The third-order valence-corrected chi connectivity index (χ3v) is 5.22. The van der Waals surface area contributed by atoms with E-state index < -0.39 is 47.9 Å². The van der Waals surface area contributed by atoms with Gasteiger partial charge in [0.25, 0.3) is 5.78 Å². The van der Waals surface area contributed by atoms with Crippen molar-refractivity contribution in [2.75, 3.05) is 13.1 Å². The molecule has 182 valence electrons. The van der Waals surface area contributed by atoms with E-state index in [1.807, 2.05) is 6.07 Å². The predicted octanol–water partition coefficient (Wildman–Crippen LogP) is 2.57. The van der Waals surface area contributed by atoms with E-state index in [1.54, 1.807) is 24.3 Å². The molecular formula is C22H28F3N3O5. The third-order valence-electron chi connectivity index (χ3n) is 5.22. The van der Waals surface area contributed by atoms with Gasteiger partial charge >= 0.3 is 12.3 Å². The number of amides is 3. The zero-order chi connectivity index (χ0) is 24.6. The minimum absolute atomic E-state index is 0.0293. The highest BCUT2D eigenvalue weighted by molar-refractivity contribution is 5.95. The second kappa shape index (κ2) is 11.7. The molecule has 0 radical (unpaired) electrons. The van der Waals surface area contributed by atoms with Crippen LogP contribution in [0.2, 0.25) is 0 Å². The Morgan fingerprint density at radius 1 is 1.15 bits per heavy atom. The van der Waals surface area contributed by atoms with E-state index in [0.717, 1.165) is 5.56 Å². The minimum atomic E-state index is -5.08. The molecule has 1 heterocycles. The molecule has 33 heavy (non-hydrogen) atoms. The lowest BCUT2D eigenvalue weighted by Gasteiger charge is -2.28. The molecule has 3 amide bonds. The van der Waals surface area contributed by atoms with Gasteiger partial charge in [-0.1, -0.05) is 44.2 Å². The van der Waals surface area contributed by atoms with Crippen molar-refractivity contribution in [2.45, 2.75) is 58.0 Å². The van der Waals surface area contributed by atoms with Crippen molar-refractivity contribution >= 4 is 23.7 Å². The summed E-state index contributed by atoms with van der Waals surface area (Å²) in [7, 11) is 0. The SMILES string of the molecule is CC(C)C(NC(=O)[C@@H]1CCCN1C(=O)CCNC(=O)OCc1ccccc1)C(=O)C(F)(F)F. The highest BCUT2D eigenvalue weighted by Crippen LogP contribution is 2.23. The molecule has 0 spiro atoms. The van der Waals surface area contributed by atoms with Crippen LogP contribution in [-0.2, 0) is 25.7 Å². The van der Waals surface area contributed by atoms with E-state index >= 15 is 0 Å². The molecule has 1 aromatic rings. The Kier molecular flexibility index (Phi) is 9.24. The molecule has 2 rings (SSSR count). The number of nitrogens with one attached hydrogen (secondary N) is 2. The van der Waals surface area contributed by atoms with Crippen molar-refractivity contribution in [3.05, 3.63) is 35.9 Å². The highest BCUT2D eigenvalue weighted by Gasteiger charge is 2.46. The van der Waals surface area contributed by atoms with Crippen molar-refractivity contribution < 1.29 is 37.1 Å². The number of nitrogens with zero attached hydrogens (tertiary/aromatic N) is 1. The van der Waals surface area contributed by atoms with Gasteiger partial charge in [-0.2, -0.15) is 13.2 Å². The standard InChI is InChI=1S/C22H28F3N3O5/c1-14(2)18(19(30)22(23,24)25)27-20(31)16-9-6-12-28(16)17(29)10-11-26-21(32)33-13-15-7-4-3-5-8-15/h3-5,7-8,14,16,18H,6,9-13H2,1-2H3,(H,26,32)(H,27,31)/t16-,18?/m0/s1. The maximum absolute atomic E-state index is 12.8. The molecule has 0 aliphatic carbocycles. The van der Waals surface area contributed by atoms with Crippen LogP contribution in [0.1, 0.15) is 38.7 Å². The maximum Gasteiger partial charge on any atom is 0.452 e. The maximum atomic E-state index is 12.8. The number of carbonyl (C=O) groups excluding carboxylic acids is 4. The van der Waals surface area contributed by atoms with Crippen molar-refractivity contribution in [2.24, 2.45) is 5.92 Å². The first-order valence-electron chi connectivity index (χ1n) is 10.7. The summed E-state index contributed by atoms with van der Waals surface area (Å²) in [5.74, 6) is -4.04. The van der Waals surface area contributed by atoms with E-state index in [2.05, 4.69) is 10.6 Å². The monoisotopic (exact) mass is 471 g/mol. The molecule has 1 aliphatic rings. The number of rotatable bonds is 9. The molecule has 1 aromatic carbocycles. The average molecular weight is 471 g/mol. The number of likely N-dealkylation sites (tertiary alicyclic amines) is 1. The lowest BCUT2D eigenvalue weighted by atomic mass is 9.98. The lowest BCUT2D eigenvalue weighted by Crippen LogP contribution is -2.55. The second-order valence-corrected chi connectivity index (χ2v) is 8.08. The average Bonchev–Trinajstić information content (AvgIpc) is 3.25. The molecule has 1 unspecified atom stereocenters. The van der Waals surface area contributed by atoms with Gasteiger partial charge < -0.3 is 20.3 Å². The van der Waals surface area contributed by atoms with Gasteiger partial charge in [-0.25, -0.2) is 4.79 Å². The Labute approximate surface area is 189 Å². The van der Waals surface area contributed by atoms with Crippen molar-refractivity contribution in [1.82, 2.24) is 15.5 Å². The van der Waals surface area contributed by atoms with E-state index in [0.29, 0.717) is 6.42 Å². The van der Waals surface area contributed by atoms with E-state index in [4.69, 9.17) is 4.74 Å². The molecule has 1 fully saturated rings. The summed E-state index contributed by atoms with van der Waals surface area (Å²) in [6, 6.07) is 6.34. The zero-order valence-electron chi connectivity index (χ0n) is 18.5. The predicted molar refractivity (Wildman–Crippen MR) is 112 cm³/mol. The van der Waals surface area contributed by atoms with Gasteiger partial charge in [0.15, 0.2) is 0 Å². The molecule has 0 saturated carbocycles. The molecule has 2 atom stereocenters. The lowest BCUT2D eigenvalue weighted by molar-refractivity contribution is -0.175. The van der Waals surface area contributed by atoms with Gasteiger partial charge in [-0.15, -0.1) is 0 Å². The number of Topliss-reactive ketones (excluding diaryl/α,β-unsaturated/α-hetero) is 1. The second-order valence-electron chi connectivity index (χ2n) is 8.08. The van der Waals surface area contributed by atoms with Crippen molar-refractivity contribution in [3.8, 4) is 0 Å². The molecule has 11 heteroatoms. The fourth-order valence-corrected chi connectivity index (χ4v) is 3.49. The number of alkyl carbamates (subject to hydrolysis) is 1. The molecule has 1 aliphatic heterocycles. The quantitative estimate of drug-likeness (QED) is 0.576. The van der Waals surface area contributed by atoms with Gasteiger partial charge in [0.1, 0.15) is 12.6 Å². The molecule has 0 bridgehead atoms. The van der Waals surface area contributed by atoms with Crippen LogP contribution in [-0.4, -0.2) is 59.9 Å². The van der Waals surface area contributed by atoms with Crippen LogP contribution < -0.4 is 10.6 Å². The summed E-state index contributed by atoms with van der Waals surface area (Å²) in [6.45, 7) is 3.10. The normalized spacial score (nSPS) is 16.9. The molecular weight excluding hydrogens is 443 g/mol. The van der Waals surface area contributed by atoms with Gasteiger partial charge in [-0.3, -0.25) is 14.4 Å². The first-order chi connectivity index (χ1) is 15.5. The zero-order valence-corrected chi connectivity index (χ0v) is 18.5. The van der Waals surface area contributed by atoms with Crippen molar-refractivity contribution in [3.63, 3.8) is 0 Å². The summed E-state index contributed by atoms with van der Waals surface area (Å²) in [6.07, 6.45) is -5.12. The number of halogens is 3. The number of benzene rings is 1. The Bertz CT molecular complexity index is 845. The van der Waals surface area contributed by atoms with Crippen LogP contribution in [0.3, 0.4) is 0 Å². The number of ketones is 1. The molecule has 8 nitrogen and oxygen atoms in total. The van der Waals surface area contributed by atoms with Gasteiger partial charge in [0.2, 0.25) is 11.8 Å². The largest absolute Gasteiger partial charge is 0.452 e. The Balaban J connectivity index is 1.84. The van der Waals surface area contributed by atoms with Crippen LogP contribution in [0.15, 0.2) is 30.3 Å². The van der Waals surface area contributed by atoms with Gasteiger partial charge in [0.05, 0.1) is 6.04 Å². The Morgan fingerprint density at radius 3 is 2.42 bits per heavy atom. The summed E-state index contributed by atoms with van der Waals surface area (Å²) < 4.78 is 43.6. The van der Waals surface area contributed by atoms with Crippen LogP contribution in [0, 0.1) is 5.92 Å². The van der Waals surface area contributed by atoms with E-state index in [9.17, 15) is 32.3 Å². The van der Waals surface area contributed by atoms with Crippen LogP contribution in [0.5, 0.6) is 0 Å². The number of carbonyl (C=O) groups is 4. The highest BCUT2D eigenvalue weighted by atomic mass is 19.4. The fourth-order valence-electron chi connectivity index (χ4n) is 3.49.